The Kier molecular flexibility index (Phi) is 3.33. The summed E-state index contributed by atoms with van der Waals surface area (Å²) in [6, 6.07) is 0.344. The van der Waals surface area contributed by atoms with Crippen molar-refractivity contribution in [3.63, 3.8) is 0 Å². The van der Waals surface area contributed by atoms with E-state index in [1.54, 1.807) is 0 Å². The monoisotopic (exact) mass is 160 g/mol. The number of rotatable bonds is 3. The Morgan fingerprint density at radius 3 is 3.00 bits per heavy atom. The fourth-order valence-electron chi connectivity index (χ4n) is 1.12. The molecule has 5 heteroatoms. The van der Waals surface area contributed by atoms with Gasteiger partial charge in [-0.1, -0.05) is 0 Å². The summed E-state index contributed by atoms with van der Waals surface area (Å²) in [7, 11) is 1.79. The van der Waals surface area contributed by atoms with E-state index >= 15 is 0 Å². The summed E-state index contributed by atoms with van der Waals surface area (Å²) >= 11 is 0. The minimum absolute atomic E-state index is 0.163. The Morgan fingerprint density at radius 1 is 1.70 bits per heavy atom. The summed E-state index contributed by atoms with van der Waals surface area (Å²) in [4.78, 5) is 0. The van der Waals surface area contributed by atoms with Crippen LogP contribution >= 0.6 is 8.69 Å². The quantitative estimate of drug-likeness (QED) is 0.441. The first-order valence-electron chi connectivity index (χ1n) is 3.43. The van der Waals surface area contributed by atoms with Gasteiger partial charge in [0.1, 0.15) is 7.85 Å². The normalized spacial score (nSPS) is 33.2. The molecule has 1 rings (SSSR count). The molecule has 56 valence electrons. The Labute approximate surface area is 62.8 Å². The second-order valence-electron chi connectivity index (χ2n) is 2.52. The highest BCUT2D eigenvalue weighted by atomic mass is 31.1. The predicted molar refractivity (Wildman–Crippen MR) is 40.0 cm³/mol. The maximum Gasteiger partial charge on any atom is 0.327 e. The molecule has 1 saturated heterocycles. The molecule has 1 aliphatic heterocycles. The minimum Gasteiger partial charge on any atom is -0.382 e. The third kappa shape index (κ3) is 2.37. The van der Waals surface area contributed by atoms with Crippen LogP contribution < -0.4 is 0 Å². The van der Waals surface area contributed by atoms with Crippen molar-refractivity contribution in [1.29, 1.82) is 0 Å². The van der Waals surface area contributed by atoms with E-state index in [9.17, 15) is 4.57 Å². The Morgan fingerprint density at radius 2 is 2.50 bits per heavy atom. The molecule has 2 unspecified atom stereocenters. The molecule has 0 amide bonds. The summed E-state index contributed by atoms with van der Waals surface area (Å²) in [6.07, 6.45) is 2.27. The van der Waals surface area contributed by atoms with Gasteiger partial charge in [-0.25, -0.2) is 4.57 Å². The molecule has 0 radical (unpaired) electrons. The summed E-state index contributed by atoms with van der Waals surface area (Å²) in [5.74, 6) is 0. The van der Waals surface area contributed by atoms with Crippen molar-refractivity contribution in [2.24, 2.45) is 0 Å². The molecule has 0 aromatic carbocycles. The van der Waals surface area contributed by atoms with Crippen LogP contribution in [0.4, 0.5) is 0 Å². The van der Waals surface area contributed by atoms with Gasteiger partial charge >= 0.3 is 8.69 Å². The van der Waals surface area contributed by atoms with Crippen LogP contribution in [-0.4, -0.2) is 26.6 Å². The maximum absolute atomic E-state index is 9.86. The molecule has 2 atom stereocenters. The van der Waals surface area contributed by atoms with Crippen LogP contribution in [0.15, 0.2) is 0 Å². The first-order chi connectivity index (χ1) is 4.83. The minimum atomic E-state index is -0.247. The molecule has 1 heterocycles. The van der Waals surface area contributed by atoms with E-state index in [4.69, 9.17) is 4.74 Å². The molecule has 0 saturated carbocycles. The maximum atomic E-state index is 9.86. The molecule has 0 aromatic rings. The zero-order valence-corrected chi connectivity index (χ0v) is 6.84. The van der Waals surface area contributed by atoms with Crippen molar-refractivity contribution in [3.05, 3.63) is 0 Å². The Balaban J connectivity index is 2.12. The summed E-state index contributed by atoms with van der Waals surface area (Å²) in [6.45, 7) is 0.454. The molecule has 0 aliphatic carbocycles. The van der Waals surface area contributed by atoms with Crippen molar-refractivity contribution < 1.29 is 13.8 Å². The van der Waals surface area contributed by atoms with Crippen LogP contribution in [-0.2, 0) is 13.8 Å². The second kappa shape index (κ2) is 4.07. The number of hydrogen-bond donors (Lipinski definition) is 0. The van der Waals surface area contributed by atoms with Gasteiger partial charge in [-0.05, 0) is 12.8 Å². The highest BCUT2D eigenvalue weighted by Gasteiger charge is 2.21. The average molecular weight is 160 g/mol. The molecular weight excluding hydrogens is 150 g/mol. The van der Waals surface area contributed by atoms with Gasteiger partial charge in [-0.3, -0.25) is 4.52 Å². The van der Waals surface area contributed by atoms with Crippen LogP contribution in [0.5, 0.6) is 0 Å². The average Bonchev–Trinajstić information content (AvgIpc) is 2.31. The van der Waals surface area contributed by atoms with E-state index in [1.165, 1.54) is 0 Å². The van der Waals surface area contributed by atoms with Crippen LogP contribution in [0, 0.1) is 0 Å². The molecule has 0 N–H and O–H groups in total. The van der Waals surface area contributed by atoms with Crippen molar-refractivity contribution in [1.82, 2.24) is 0 Å². The molecule has 10 heavy (non-hydrogen) atoms. The lowest BCUT2D eigenvalue weighted by Gasteiger charge is -2.07. The summed E-state index contributed by atoms with van der Waals surface area (Å²) < 4.78 is 19.9. The van der Waals surface area contributed by atoms with E-state index in [1.807, 2.05) is 7.85 Å². The van der Waals surface area contributed by atoms with Crippen LogP contribution in [0.1, 0.15) is 12.8 Å². The van der Waals surface area contributed by atoms with Gasteiger partial charge < -0.3 is 4.74 Å². The first-order valence-corrected chi connectivity index (χ1v) is 4.16. The van der Waals surface area contributed by atoms with E-state index in [2.05, 4.69) is 4.52 Å². The van der Waals surface area contributed by atoms with Gasteiger partial charge in [-0.15, -0.1) is 0 Å². The van der Waals surface area contributed by atoms with Crippen LogP contribution in [0.25, 0.3) is 0 Å². The van der Waals surface area contributed by atoms with Gasteiger partial charge in [0.05, 0.1) is 12.7 Å². The lowest BCUT2D eigenvalue weighted by molar-refractivity contribution is 0.0548. The van der Waals surface area contributed by atoms with Crippen LogP contribution in [0.2, 0.25) is 0 Å². The third-order valence-corrected chi connectivity index (χ3v) is 1.89. The van der Waals surface area contributed by atoms with Crippen molar-refractivity contribution >= 4 is 16.5 Å². The molecule has 0 aromatic heterocycles. The van der Waals surface area contributed by atoms with Crippen molar-refractivity contribution in [2.45, 2.75) is 24.9 Å². The fourth-order valence-corrected chi connectivity index (χ4v) is 1.35. The second-order valence-corrected chi connectivity index (χ2v) is 2.92. The summed E-state index contributed by atoms with van der Waals surface area (Å²) in [5.41, 5.74) is 0. The van der Waals surface area contributed by atoms with E-state index in [-0.39, 0.29) is 14.8 Å². The standard InChI is InChI=1S/C5H10BO3P/c6-5-2-1-4(9-5)3-8-10-7/h4-5H,1-3,6H2. The van der Waals surface area contributed by atoms with E-state index in [0.29, 0.717) is 12.6 Å². The number of hydrogen-bond acceptors (Lipinski definition) is 3. The van der Waals surface area contributed by atoms with E-state index in [0.717, 1.165) is 12.8 Å². The fraction of sp³-hybridized carbons (Fsp3) is 1.00. The Hall–Kier alpha value is 0.0849. The molecule has 0 spiro atoms. The van der Waals surface area contributed by atoms with Gasteiger partial charge in [0.25, 0.3) is 0 Å². The van der Waals surface area contributed by atoms with Gasteiger partial charge in [-0.2, -0.15) is 0 Å². The van der Waals surface area contributed by atoms with Crippen molar-refractivity contribution in [2.75, 3.05) is 6.61 Å². The number of ether oxygens (including phenoxy) is 1. The lowest BCUT2D eigenvalue weighted by atomic mass is 9.97. The van der Waals surface area contributed by atoms with Gasteiger partial charge in [0, 0.05) is 6.00 Å². The molecule has 1 fully saturated rings. The highest BCUT2D eigenvalue weighted by Crippen LogP contribution is 2.18. The Bertz CT molecular complexity index is 121. The first kappa shape index (κ1) is 8.18. The van der Waals surface area contributed by atoms with Gasteiger partial charge in [0.15, 0.2) is 0 Å². The lowest BCUT2D eigenvalue weighted by Crippen LogP contribution is -2.14. The highest BCUT2D eigenvalue weighted by molar-refractivity contribution is 7.17. The molecule has 3 nitrogen and oxygen atoms in total. The SMILES string of the molecule is BC1CCC(COP=O)O1. The molecule has 1 aliphatic rings. The zero-order valence-electron chi connectivity index (χ0n) is 5.95. The largest absolute Gasteiger partial charge is 0.382 e. The van der Waals surface area contributed by atoms with Crippen LogP contribution in [0.3, 0.4) is 0 Å². The molecular formula is C5H10BO3P. The third-order valence-electron chi connectivity index (χ3n) is 1.63. The van der Waals surface area contributed by atoms with Gasteiger partial charge in [0.2, 0.25) is 0 Å². The molecule has 0 bridgehead atoms. The van der Waals surface area contributed by atoms with E-state index < -0.39 is 0 Å². The smallest absolute Gasteiger partial charge is 0.327 e. The summed E-state index contributed by atoms with van der Waals surface area (Å²) in [5, 5.41) is 0. The predicted octanol–water partition coefficient (Wildman–Crippen LogP) is 0.348. The topological polar surface area (TPSA) is 35.5 Å². The zero-order chi connectivity index (χ0) is 7.40. The van der Waals surface area contributed by atoms with Crippen molar-refractivity contribution in [3.8, 4) is 0 Å².